The Labute approximate surface area is 87.8 Å². The van der Waals surface area contributed by atoms with Crippen molar-refractivity contribution in [2.75, 3.05) is 26.2 Å². The Kier molecular flexibility index (Phi) is 3.45. The molecule has 2 bridgehead atoms. The standard InChI is InChI=1S/C12H24N2/c1-2-14(6-5-13)9-12-8-10-3-4-11(12)7-10/h10-12H,2-9,13H2,1H3. The summed E-state index contributed by atoms with van der Waals surface area (Å²) < 4.78 is 0. The lowest BCUT2D eigenvalue weighted by Gasteiger charge is -2.28. The summed E-state index contributed by atoms with van der Waals surface area (Å²) in [4.78, 5) is 2.53. The van der Waals surface area contributed by atoms with Crippen molar-refractivity contribution in [1.29, 1.82) is 0 Å². The summed E-state index contributed by atoms with van der Waals surface area (Å²) in [7, 11) is 0. The van der Waals surface area contributed by atoms with Crippen molar-refractivity contribution in [2.45, 2.75) is 32.6 Å². The van der Waals surface area contributed by atoms with E-state index in [2.05, 4.69) is 11.8 Å². The maximum Gasteiger partial charge on any atom is 0.0105 e. The van der Waals surface area contributed by atoms with Gasteiger partial charge in [-0.05, 0) is 43.6 Å². The molecule has 2 aliphatic rings. The Morgan fingerprint density at radius 3 is 2.64 bits per heavy atom. The van der Waals surface area contributed by atoms with Crippen LogP contribution in [0.5, 0.6) is 0 Å². The van der Waals surface area contributed by atoms with Gasteiger partial charge in [0.1, 0.15) is 0 Å². The van der Waals surface area contributed by atoms with Crippen molar-refractivity contribution >= 4 is 0 Å². The smallest absolute Gasteiger partial charge is 0.0105 e. The minimum atomic E-state index is 0.814. The zero-order valence-corrected chi connectivity index (χ0v) is 9.41. The Morgan fingerprint density at radius 1 is 1.29 bits per heavy atom. The molecule has 82 valence electrons. The minimum Gasteiger partial charge on any atom is -0.329 e. The molecule has 0 aliphatic heterocycles. The summed E-state index contributed by atoms with van der Waals surface area (Å²) in [5.74, 6) is 3.15. The third-order valence-electron chi connectivity index (χ3n) is 4.27. The fourth-order valence-corrected chi connectivity index (χ4v) is 3.49. The van der Waals surface area contributed by atoms with Gasteiger partial charge in [0.15, 0.2) is 0 Å². The van der Waals surface area contributed by atoms with Crippen molar-refractivity contribution in [3.05, 3.63) is 0 Å². The average molecular weight is 196 g/mol. The van der Waals surface area contributed by atoms with Crippen LogP contribution < -0.4 is 5.73 Å². The molecule has 2 fully saturated rings. The molecule has 2 aliphatic carbocycles. The van der Waals surface area contributed by atoms with Crippen LogP contribution in [0.2, 0.25) is 0 Å². The van der Waals surface area contributed by atoms with Crippen molar-refractivity contribution < 1.29 is 0 Å². The number of fused-ring (bicyclic) bond motifs is 2. The first kappa shape index (κ1) is 10.4. The summed E-state index contributed by atoms with van der Waals surface area (Å²) >= 11 is 0. The van der Waals surface area contributed by atoms with Gasteiger partial charge >= 0.3 is 0 Å². The van der Waals surface area contributed by atoms with E-state index >= 15 is 0 Å². The first-order chi connectivity index (χ1) is 6.83. The highest BCUT2D eigenvalue weighted by atomic mass is 15.1. The van der Waals surface area contributed by atoms with Crippen LogP contribution in [0.1, 0.15) is 32.6 Å². The number of hydrogen-bond acceptors (Lipinski definition) is 2. The van der Waals surface area contributed by atoms with Crippen LogP contribution in [-0.2, 0) is 0 Å². The second-order valence-corrected chi connectivity index (χ2v) is 5.12. The molecule has 2 heteroatoms. The molecule has 0 saturated heterocycles. The minimum absolute atomic E-state index is 0.814. The van der Waals surface area contributed by atoms with Crippen LogP contribution in [0.15, 0.2) is 0 Å². The molecule has 0 aromatic heterocycles. The molecule has 2 N–H and O–H groups in total. The molecule has 0 amide bonds. The van der Waals surface area contributed by atoms with Gasteiger partial charge in [0.2, 0.25) is 0 Å². The zero-order valence-electron chi connectivity index (χ0n) is 9.41. The van der Waals surface area contributed by atoms with E-state index in [0.29, 0.717) is 0 Å². The topological polar surface area (TPSA) is 29.3 Å². The highest BCUT2D eigenvalue weighted by Gasteiger charge is 2.39. The molecule has 0 aromatic rings. The zero-order chi connectivity index (χ0) is 9.97. The van der Waals surface area contributed by atoms with Crippen LogP contribution in [0, 0.1) is 17.8 Å². The molecule has 0 aromatic carbocycles. The quantitative estimate of drug-likeness (QED) is 0.725. The summed E-state index contributed by atoms with van der Waals surface area (Å²) in [5, 5.41) is 0. The fraction of sp³-hybridized carbons (Fsp3) is 1.00. The van der Waals surface area contributed by atoms with Crippen LogP contribution in [0.4, 0.5) is 0 Å². The lowest BCUT2D eigenvalue weighted by Crippen LogP contribution is -2.35. The monoisotopic (exact) mass is 196 g/mol. The van der Waals surface area contributed by atoms with E-state index < -0.39 is 0 Å². The van der Waals surface area contributed by atoms with Crippen molar-refractivity contribution in [3.8, 4) is 0 Å². The lowest BCUT2D eigenvalue weighted by atomic mass is 9.88. The van der Waals surface area contributed by atoms with E-state index in [-0.39, 0.29) is 0 Å². The van der Waals surface area contributed by atoms with Gasteiger partial charge in [-0.25, -0.2) is 0 Å². The van der Waals surface area contributed by atoms with Gasteiger partial charge in [0.25, 0.3) is 0 Å². The average Bonchev–Trinajstić information content (AvgIpc) is 2.78. The SMILES string of the molecule is CCN(CCN)CC1CC2CCC1C2. The number of nitrogens with zero attached hydrogens (tertiary/aromatic N) is 1. The maximum absolute atomic E-state index is 5.61. The second kappa shape index (κ2) is 4.63. The number of rotatable bonds is 5. The van der Waals surface area contributed by atoms with Gasteiger partial charge in [-0.1, -0.05) is 13.3 Å². The number of hydrogen-bond donors (Lipinski definition) is 1. The highest BCUT2D eigenvalue weighted by Crippen LogP contribution is 2.48. The van der Waals surface area contributed by atoms with E-state index in [0.717, 1.165) is 30.8 Å². The third kappa shape index (κ3) is 2.12. The largest absolute Gasteiger partial charge is 0.329 e. The first-order valence-corrected chi connectivity index (χ1v) is 6.26. The number of nitrogens with two attached hydrogens (primary N) is 1. The second-order valence-electron chi connectivity index (χ2n) is 5.12. The van der Waals surface area contributed by atoms with Gasteiger partial charge in [0.05, 0.1) is 0 Å². The van der Waals surface area contributed by atoms with E-state index in [1.54, 1.807) is 0 Å². The normalized spacial score (nSPS) is 35.8. The summed E-state index contributed by atoms with van der Waals surface area (Å²) in [6.07, 6.45) is 6.07. The molecule has 2 nitrogen and oxygen atoms in total. The van der Waals surface area contributed by atoms with Gasteiger partial charge in [0, 0.05) is 19.6 Å². The molecule has 2 saturated carbocycles. The predicted molar refractivity (Wildman–Crippen MR) is 60.1 cm³/mol. The molecule has 3 atom stereocenters. The lowest BCUT2D eigenvalue weighted by molar-refractivity contribution is 0.201. The number of likely N-dealkylation sites (N-methyl/N-ethyl adjacent to an activating group) is 1. The Hall–Kier alpha value is -0.0800. The Balaban J connectivity index is 1.79. The fourth-order valence-electron chi connectivity index (χ4n) is 3.49. The van der Waals surface area contributed by atoms with E-state index in [1.807, 2.05) is 0 Å². The molecule has 0 radical (unpaired) electrons. The summed E-state index contributed by atoms with van der Waals surface area (Å²) in [6.45, 7) is 6.64. The van der Waals surface area contributed by atoms with E-state index in [9.17, 15) is 0 Å². The molecule has 2 rings (SSSR count). The van der Waals surface area contributed by atoms with E-state index in [1.165, 1.54) is 38.8 Å². The third-order valence-corrected chi connectivity index (χ3v) is 4.27. The molecule has 3 unspecified atom stereocenters. The van der Waals surface area contributed by atoms with Crippen LogP contribution in [0.3, 0.4) is 0 Å². The van der Waals surface area contributed by atoms with Gasteiger partial charge in [-0.15, -0.1) is 0 Å². The molecule has 14 heavy (non-hydrogen) atoms. The summed E-state index contributed by atoms with van der Waals surface area (Å²) in [6, 6.07) is 0. The van der Waals surface area contributed by atoms with Crippen LogP contribution >= 0.6 is 0 Å². The summed E-state index contributed by atoms with van der Waals surface area (Å²) in [5.41, 5.74) is 5.61. The van der Waals surface area contributed by atoms with E-state index in [4.69, 9.17) is 5.73 Å². The highest BCUT2D eigenvalue weighted by molar-refractivity contribution is 4.91. The van der Waals surface area contributed by atoms with Crippen molar-refractivity contribution in [3.63, 3.8) is 0 Å². The van der Waals surface area contributed by atoms with Gasteiger partial charge in [-0.3, -0.25) is 0 Å². The maximum atomic E-state index is 5.61. The predicted octanol–water partition coefficient (Wildman–Crippen LogP) is 1.70. The Bertz CT molecular complexity index is 181. The molecular weight excluding hydrogens is 172 g/mol. The molecule has 0 spiro atoms. The van der Waals surface area contributed by atoms with Crippen LogP contribution in [-0.4, -0.2) is 31.1 Å². The first-order valence-electron chi connectivity index (χ1n) is 6.26. The van der Waals surface area contributed by atoms with Crippen molar-refractivity contribution in [2.24, 2.45) is 23.5 Å². The van der Waals surface area contributed by atoms with Gasteiger partial charge < -0.3 is 10.6 Å². The molecule has 0 heterocycles. The van der Waals surface area contributed by atoms with Gasteiger partial charge in [-0.2, -0.15) is 0 Å². The van der Waals surface area contributed by atoms with Crippen LogP contribution in [0.25, 0.3) is 0 Å². The molecular formula is C12H24N2. The Morgan fingerprint density at radius 2 is 2.14 bits per heavy atom. The van der Waals surface area contributed by atoms with Crippen molar-refractivity contribution in [1.82, 2.24) is 4.90 Å².